The summed E-state index contributed by atoms with van der Waals surface area (Å²) in [6, 6.07) is 0. The van der Waals surface area contributed by atoms with E-state index >= 15 is 0 Å². The van der Waals surface area contributed by atoms with Crippen molar-refractivity contribution in [2.24, 2.45) is 0 Å². The number of halogens is 3. The first kappa shape index (κ1) is 16.9. The van der Waals surface area contributed by atoms with Crippen molar-refractivity contribution in [2.75, 3.05) is 5.73 Å². The predicted octanol–water partition coefficient (Wildman–Crippen LogP) is 3.83. The maximum atomic E-state index is 13.2. The van der Waals surface area contributed by atoms with Gasteiger partial charge in [-0.15, -0.1) is 6.58 Å². The first-order valence-corrected chi connectivity index (χ1v) is 6.13. The number of nitrogen functional groups attached to an aromatic ring is 1. The summed E-state index contributed by atoms with van der Waals surface area (Å²) < 4.78 is 39.7. The molecule has 0 amide bonds. The monoisotopic (exact) mass is 303 g/mol. The van der Waals surface area contributed by atoms with Crippen molar-refractivity contribution < 1.29 is 18.1 Å². The molecule has 0 atom stereocenters. The number of allylic oxidation sites excluding steroid dienone is 1. The summed E-state index contributed by atoms with van der Waals surface area (Å²) in [4.78, 5) is 13.5. The molecule has 1 aromatic rings. The molecule has 0 unspecified atom stereocenters. The van der Waals surface area contributed by atoms with E-state index in [2.05, 4.69) is 11.6 Å². The Morgan fingerprint density at radius 3 is 2.43 bits per heavy atom. The van der Waals surface area contributed by atoms with Crippen LogP contribution in [0.15, 0.2) is 18.9 Å². The van der Waals surface area contributed by atoms with Gasteiger partial charge in [0.1, 0.15) is 17.6 Å². The molecule has 0 radical (unpaired) electrons. The van der Waals surface area contributed by atoms with Crippen LogP contribution in [-0.4, -0.2) is 9.91 Å². The second-order valence-corrected chi connectivity index (χ2v) is 5.24. The predicted molar refractivity (Wildman–Crippen MR) is 72.8 cm³/mol. The van der Waals surface area contributed by atoms with Gasteiger partial charge in [-0.3, -0.25) is 10.1 Å². The van der Waals surface area contributed by atoms with Crippen molar-refractivity contribution in [3.05, 3.63) is 40.1 Å². The van der Waals surface area contributed by atoms with E-state index in [0.29, 0.717) is 6.42 Å². The van der Waals surface area contributed by atoms with Gasteiger partial charge in [-0.1, -0.05) is 19.9 Å². The van der Waals surface area contributed by atoms with Crippen molar-refractivity contribution in [3.63, 3.8) is 0 Å². The van der Waals surface area contributed by atoms with Crippen molar-refractivity contribution in [3.8, 4) is 0 Å². The maximum absolute atomic E-state index is 13.2. The summed E-state index contributed by atoms with van der Waals surface area (Å²) in [6.45, 7) is 6.53. The molecule has 5 nitrogen and oxygen atoms in total. The van der Waals surface area contributed by atoms with Crippen molar-refractivity contribution >= 4 is 11.5 Å². The number of hydrogen-bond donors (Lipinski definition) is 1. The summed E-state index contributed by atoms with van der Waals surface area (Å²) in [5, 5.41) is 11.1. The molecule has 116 valence electrons. The number of nitrogens with zero attached hydrogens (tertiary/aromatic N) is 2. The lowest BCUT2D eigenvalue weighted by atomic mass is 9.77. The molecule has 2 N–H and O–H groups in total. The largest absolute Gasteiger partial charge is 0.420 e. The van der Waals surface area contributed by atoms with Crippen LogP contribution < -0.4 is 5.73 Å². The fourth-order valence-corrected chi connectivity index (χ4v) is 2.21. The summed E-state index contributed by atoms with van der Waals surface area (Å²) in [6.07, 6.45) is -1.81. The zero-order valence-electron chi connectivity index (χ0n) is 11.7. The van der Waals surface area contributed by atoms with Gasteiger partial charge in [0.05, 0.1) is 10.5 Å². The second kappa shape index (κ2) is 5.71. The van der Waals surface area contributed by atoms with Gasteiger partial charge in [-0.05, 0) is 18.3 Å². The van der Waals surface area contributed by atoms with Crippen molar-refractivity contribution in [1.82, 2.24) is 4.98 Å². The molecule has 0 aliphatic heterocycles. The van der Waals surface area contributed by atoms with Crippen LogP contribution in [-0.2, 0) is 11.6 Å². The number of alkyl halides is 3. The molecule has 21 heavy (non-hydrogen) atoms. The van der Waals surface area contributed by atoms with Crippen LogP contribution in [0.1, 0.15) is 37.8 Å². The number of nitrogens with two attached hydrogens (primary N) is 1. The highest BCUT2D eigenvalue weighted by Crippen LogP contribution is 2.45. The number of nitro groups is 1. The Hall–Kier alpha value is -2.12. The van der Waals surface area contributed by atoms with Gasteiger partial charge in [-0.2, -0.15) is 13.2 Å². The highest BCUT2D eigenvalue weighted by Gasteiger charge is 2.44. The quantitative estimate of drug-likeness (QED) is 0.509. The van der Waals surface area contributed by atoms with E-state index in [-0.39, 0.29) is 6.42 Å². The van der Waals surface area contributed by atoms with Crippen LogP contribution in [0.4, 0.5) is 24.7 Å². The topological polar surface area (TPSA) is 82.0 Å². The minimum Gasteiger partial charge on any atom is -0.383 e. The fraction of sp³-hybridized carbons (Fsp3) is 0.462. The van der Waals surface area contributed by atoms with Gasteiger partial charge in [0, 0.05) is 0 Å². The molecular weight excluding hydrogens is 287 g/mol. The van der Waals surface area contributed by atoms with E-state index in [1.165, 1.54) is 13.8 Å². The van der Waals surface area contributed by atoms with Gasteiger partial charge >= 0.3 is 6.18 Å². The van der Waals surface area contributed by atoms with E-state index in [1.807, 2.05) is 0 Å². The zero-order chi connectivity index (χ0) is 16.4. The second-order valence-electron chi connectivity index (χ2n) is 5.24. The third-order valence-corrected chi connectivity index (χ3v) is 3.22. The summed E-state index contributed by atoms with van der Waals surface area (Å²) in [5.74, 6) is -0.755. The van der Waals surface area contributed by atoms with Crippen molar-refractivity contribution in [1.29, 1.82) is 0 Å². The number of pyridine rings is 1. The lowest BCUT2D eigenvalue weighted by Gasteiger charge is -2.28. The Morgan fingerprint density at radius 1 is 1.43 bits per heavy atom. The normalized spacial score (nSPS) is 12.2. The van der Waals surface area contributed by atoms with E-state index < -0.39 is 39.1 Å². The molecule has 1 aromatic heterocycles. The first-order chi connectivity index (χ1) is 9.52. The van der Waals surface area contributed by atoms with Crippen LogP contribution in [0, 0.1) is 10.1 Å². The third-order valence-electron chi connectivity index (χ3n) is 3.22. The minimum atomic E-state index is -4.82. The molecule has 0 saturated carbocycles. The van der Waals surface area contributed by atoms with E-state index in [0.717, 1.165) is 6.20 Å². The zero-order valence-corrected chi connectivity index (χ0v) is 11.7. The van der Waals surface area contributed by atoms with Gasteiger partial charge < -0.3 is 5.73 Å². The Balaban J connectivity index is 3.69. The van der Waals surface area contributed by atoms with Gasteiger partial charge in [0.15, 0.2) is 0 Å². The standard InChI is InChI=1S/C13H16F3N3O2/c1-4-5-6-12(2,3)9-8(19(20)21)7-18-11(17)10(9)13(14,15)16/h4,7H,1,5-6H2,2-3H3,(H2,17,18). The fourth-order valence-electron chi connectivity index (χ4n) is 2.21. The Morgan fingerprint density at radius 2 is 2.00 bits per heavy atom. The Kier molecular flexibility index (Phi) is 4.60. The first-order valence-electron chi connectivity index (χ1n) is 6.13. The van der Waals surface area contributed by atoms with E-state index in [1.54, 1.807) is 6.08 Å². The van der Waals surface area contributed by atoms with Crippen LogP contribution in [0.3, 0.4) is 0 Å². The highest BCUT2D eigenvalue weighted by atomic mass is 19.4. The molecule has 8 heteroatoms. The van der Waals surface area contributed by atoms with Crippen LogP contribution in [0.25, 0.3) is 0 Å². The number of anilines is 1. The van der Waals surface area contributed by atoms with E-state index in [9.17, 15) is 23.3 Å². The molecule has 0 aromatic carbocycles. The third kappa shape index (κ3) is 3.50. The van der Waals surface area contributed by atoms with Crippen molar-refractivity contribution in [2.45, 2.75) is 38.3 Å². The highest BCUT2D eigenvalue weighted by molar-refractivity contribution is 5.58. The molecule has 0 aliphatic rings. The minimum absolute atomic E-state index is 0.268. The SMILES string of the molecule is C=CCCC(C)(C)c1c([N+](=O)[O-])cnc(N)c1C(F)(F)F. The van der Waals surface area contributed by atoms with Crippen LogP contribution >= 0.6 is 0 Å². The molecule has 0 fully saturated rings. The smallest absolute Gasteiger partial charge is 0.383 e. The van der Waals surface area contributed by atoms with Crippen LogP contribution in [0.5, 0.6) is 0 Å². The molecular formula is C13H16F3N3O2. The summed E-state index contributed by atoms with van der Waals surface area (Å²) in [5.41, 5.74) is 1.89. The maximum Gasteiger partial charge on any atom is 0.420 e. The molecule has 0 spiro atoms. The molecule has 1 heterocycles. The average Bonchev–Trinajstić information content (AvgIpc) is 2.34. The van der Waals surface area contributed by atoms with Gasteiger partial charge in [-0.25, -0.2) is 4.98 Å². The molecule has 0 bridgehead atoms. The number of hydrogen-bond acceptors (Lipinski definition) is 4. The average molecular weight is 303 g/mol. The Bertz CT molecular complexity index is 569. The number of rotatable bonds is 5. The molecule has 1 rings (SSSR count). The van der Waals surface area contributed by atoms with E-state index in [4.69, 9.17) is 5.73 Å². The molecule has 0 saturated heterocycles. The molecule has 0 aliphatic carbocycles. The lowest BCUT2D eigenvalue weighted by molar-refractivity contribution is -0.386. The van der Waals surface area contributed by atoms with Gasteiger partial charge in [0.2, 0.25) is 0 Å². The summed E-state index contributed by atoms with van der Waals surface area (Å²) in [7, 11) is 0. The number of aromatic nitrogens is 1. The van der Waals surface area contributed by atoms with Crippen LogP contribution in [0.2, 0.25) is 0 Å². The lowest BCUT2D eigenvalue weighted by Crippen LogP contribution is -2.26. The Labute approximate surface area is 119 Å². The summed E-state index contributed by atoms with van der Waals surface area (Å²) >= 11 is 0. The van der Waals surface area contributed by atoms with Gasteiger partial charge in [0.25, 0.3) is 5.69 Å².